The quantitative estimate of drug-likeness (QED) is 0.864. The minimum atomic E-state index is -0.173. The summed E-state index contributed by atoms with van der Waals surface area (Å²) in [5, 5.41) is 3.20. The zero-order valence-corrected chi connectivity index (χ0v) is 13.1. The highest BCUT2D eigenvalue weighted by Crippen LogP contribution is 2.24. The first-order valence-electron chi connectivity index (χ1n) is 6.26. The summed E-state index contributed by atoms with van der Waals surface area (Å²) in [6, 6.07) is 5.05. The van der Waals surface area contributed by atoms with Gasteiger partial charge in [0.15, 0.2) is 0 Å². The Morgan fingerprint density at radius 2 is 2.06 bits per heavy atom. The van der Waals surface area contributed by atoms with E-state index in [1.807, 2.05) is 25.1 Å². The molecule has 0 aliphatic carbocycles. The Morgan fingerprint density at radius 1 is 1.39 bits per heavy atom. The fraction of sp³-hybridized carbons (Fsp3) is 0.571. The number of rotatable bonds is 6. The first-order chi connectivity index (χ1) is 8.45. The lowest BCUT2D eigenvalue weighted by atomic mass is 9.95. The molecule has 0 saturated carbocycles. The molecule has 1 atom stereocenters. The van der Waals surface area contributed by atoms with Crippen LogP contribution < -0.4 is 10.2 Å². The second-order valence-corrected chi connectivity index (χ2v) is 5.95. The van der Waals surface area contributed by atoms with Gasteiger partial charge < -0.3 is 10.2 Å². The van der Waals surface area contributed by atoms with Crippen molar-refractivity contribution in [2.24, 2.45) is 11.8 Å². The lowest BCUT2D eigenvalue weighted by Gasteiger charge is -2.28. The van der Waals surface area contributed by atoms with Crippen molar-refractivity contribution in [1.29, 1.82) is 0 Å². The topological polar surface area (TPSA) is 15.3 Å². The third-order valence-corrected chi connectivity index (χ3v) is 3.73. The fourth-order valence-corrected chi connectivity index (χ4v) is 2.35. The molecule has 4 heteroatoms. The highest BCUT2D eigenvalue weighted by molar-refractivity contribution is 9.10. The number of benzene rings is 1. The van der Waals surface area contributed by atoms with Crippen LogP contribution in [0.25, 0.3) is 0 Å². The van der Waals surface area contributed by atoms with Crippen LogP contribution >= 0.6 is 15.9 Å². The Labute approximate surface area is 118 Å². The molecule has 1 aromatic carbocycles. The van der Waals surface area contributed by atoms with Crippen molar-refractivity contribution in [2.45, 2.75) is 13.8 Å². The van der Waals surface area contributed by atoms with Crippen molar-refractivity contribution >= 4 is 21.6 Å². The Bertz CT molecular complexity index is 382. The van der Waals surface area contributed by atoms with Gasteiger partial charge >= 0.3 is 0 Å². The van der Waals surface area contributed by atoms with Crippen LogP contribution in [0.1, 0.15) is 13.8 Å². The Balaban J connectivity index is 2.79. The lowest BCUT2D eigenvalue weighted by Crippen LogP contribution is -2.34. The molecule has 102 valence electrons. The third-order valence-electron chi connectivity index (χ3n) is 3.24. The molecule has 0 amide bonds. The second kappa shape index (κ2) is 7.10. The molecular formula is C14H22BrFN2. The van der Waals surface area contributed by atoms with E-state index < -0.39 is 0 Å². The van der Waals surface area contributed by atoms with Gasteiger partial charge in [0.25, 0.3) is 0 Å². The molecule has 0 spiro atoms. The summed E-state index contributed by atoms with van der Waals surface area (Å²) < 4.78 is 14.7. The van der Waals surface area contributed by atoms with Crippen LogP contribution in [0.4, 0.5) is 10.1 Å². The van der Waals surface area contributed by atoms with Crippen LogP contribution in [0.2, 0.25) is 0 Å². The first-order valence-corrected chi connectivity index (χ1v) is 7.05. The molecule has 0 heterocycles. The van der Waals surface area contributed by atoms with Crippen molar-refractivity contribution in [3.63, 3.8) is 0 Å². The first kappa shape index (κ1) is 15.4. The summed E-state index contributed by atoms with van der Waals surface area (Å²) in [7, 11) is 3.89. The molecule has 0 fully saturated rings. The summed E-state index contributed by atoms with van der Waals surface area (Å²) in [4.78, 5) is 1.99. The predicted molar refractivity (Wildman–Crippen MR) is 79.6 cm³/mol. The fourth-order valence-electron chi connectivity index (χ4n) is 2.00. The molecule has 0 aliphatic heterocycles. The van der Waals surface area contributed by atoms with E-state index in [0.29, 0.717) is 17.5 Å². The average Bonchev–Trinajstić information content (AvgIpc) is 2.31. The van der Waals surface area contributed by atoms with E-state index in [0.717, 1.165) is 17.6 Å². The zero-order valence-electron chi connectivity index (χ0n) is 11.5. The van der Waals surface area contributed by atoms with Gasteiger partial charge in [0.1, 0.15) is 5.82 Å². The SMILES string of the molecule is CNCC(CN(C)c1cc(Br)ccc1F)C(C)C. The minimum absolute atomic E-state index is 0.173. The van der Waals surface area contributed by atoms with Crippen LogP contribution in [0, 0.1) is 17.7 Å². The zero-order chi connectivity index (χ0) is 13.7. The molecule has 0 bridgehead atoms. The predicted octanol–water partition coefficient (Wildman–Crippen LogP) is 3.52. The van der Waals surface area contributed by atoms with Crippen molar-refractivity contribution in [3.05, 3.63) is 28.5 Å². The normalized spacial score (nSPS) is 12.8. The standard InChI is InChI=1S/C14H22BrFN2/c1-10(2)11(8-17-3)9-18(4)14-7-12(15)5-6-13(14)16/h5-7,10-11,17H,8-9H2,1-4H3. The van der Waals surface area contributed by atoms with E-state index in [1.54, 1.807) is 6.07 Å². The van der Waals surface area contributed by atoms with Crippen LogP contribution in [-0.2, 0) is 0 Å². The second-order valence-electron chi connectivity index (χ2n) is 5.04. The van der Waals surface area contributed by atoms with Gasteiger partial charge in [-0.3, -0.25) is 0 Å². The number of hydrogen-bond donors (Lipinski definition) is 1. The molecular weight excluding hydrogens is 295 g/mol. The van der Waals surface area contributed by atoms with Crippen LogP contribution in [0.5, 0.6) is 0 Å². The number of hydrogen-bond acceptors (Lipinski definition) is 2. The molecule has 0 radical (unpaired) electrons. The highest BCUT2D eigenvalue weighted by atomic mass is 79.9. The maximum absolute atomic E-state index is 13.8. The van der Waals surface area contributed by atoms with Gasteiger partial charge in [0.05, 0.1) is 5.69 Å². The summed E-state index contributed by atoms with van der Waals surface area (Å²) in [6.45, 7) is 6.18. The lowest BCUT2D eigenvalue weighted by molar-refractivity contribution is 0.375. The molecule has 1 rings (SSSR count). The van der Waals surface area contributed by atoms with Crippen molar-refractivity contribution < 1.29 is 4.39 Å². The smallest absolute Gasteiger partial charge is 0.146 e. The third kappa shape index (κ3) is 4.25. The molecule has 1 N–H and O–H groups in total. The van der Waals surface area contributed by atoms with Crippen LogP contribution in [-0.4, -0.2) is 27.2 Å². The molecule has 0 aromatic heterocycles. The number of nitrogens with one attached hydrogen (secondary N) is 1. The number of anilines is 1. The van der Waals surface area contributed by atoms with Gasteiger partial charge in [-0.15, -0.1) is 0 Å². The molecule has 0 aliphatic rings. The van der Waals surface area contributed by atoms with E-state index in [2.05, 4.69) is 35.1 Å². The van der Waals surface area contributed by atoms with Gasteiger partial charge in [-0.25, -0.2) is 4.39 Å². The van der Waals surface area contributed by atoms with Crippen molar-refractivity contribution in [3.8, 4) is 0 Å². The van der Waals surface area contributed by atoms with E-state index in [9.17, 15) is 4.39 Å². The van der Waals surface area contributed by atoms with Crippen LogP contribution in [0.15, 0.2) is 22.7 Å². The molecule has 1 unspecified atom stereocenters. The Morgan fingerprint density at radius 3 is 2.61 bits per heavy atom. The Kier molecular flexibility index (Phi) is 6.09. The highest BCUT2D eigenvalue weighted by Gasteiger charge is 2.17. The van der Waals surface area contributed by atoms with Crippen molar-refractivity contribution in [2.75, 3.05) is 32.1 Å². The largest absolute Gasteiger partial charge is 0.372 e. The van der Waals surface area contributed by atoms with E-state index in [-0.39, 0.29) is 5.82 Å². The summed E-state index contributed by atoms with van der Waals surface area (Å²) in [5.74, 6) is 0.890. The summed E-state index contributed by atoms with van der Waals surface area (Å²) in [6.07, 6.45) is 0. The van der Waals surface area contributed by atoms with Crippen molar-refractivity contribution in [1.82, 2.24) is 5.32 Å². The summed E-state index contributed by atoms with van der Waals surface area (Å²) >= 11 is 3.38. The maximum Gasteiger partial charge on any atom is 0.146 e. The Hall–Kier alpha value is -0.610. The van der Waals surface area contributed by atoms with Gasteiger partial charge in [0.2, 0.25) is 0 Å². The van der Waals surface area contributed by atoms with Gasteiger partial charge in [0, 0.05) is 18.1 Å². The maximum atomic E-state index is 13.8. The molecule has 0 saturated heterocycles. The van der Waals surface area contributed by atoms with Gasteiger partial charge in [-0.1, -0.05) is 29.8 Å². The van der Waals surface area contributed by atoms with Gasteiger partial charge in [-0.05, 0) is 43.6 Å². The van der Waals surface area contributed by atoms with Gasteiger partial charge in [-0.2, -0.15) is 0 Å². The molecule has 1 aromatic rings. The average molecular weight is 317 g/mol. The van der Waals surface area contributed by atoms with E-state index in [1.165, 1.54) is 6.07 Å². The molecule has 18 heavy (non-hydrogen) atoms. The monoisotopic (exact) mass is 316 g/mol. The molecule has 2 nitrogen and oxygen atoms in total. The van der Waals surface area contributed by atoms with E-state index in [4.69, 9.17) is 0 Å². The number of nitrogens with zero attached hydrogens (tertiary/aromatic N) is 1. The van der Waals surface area contributed by atoms with Crippen LogP contribution in [0.3, 0.4) is 0 Å². The number of halogens is 2. The minimum Gasteiger partial charge on any atom is -0.372 e. The summed E-state index contributed by atoms with van der Waals surface area (Å²) in [5.41, 5.74) is 0.645. The van der Waals surface area contributed by atoms with E-state index >= 15 is 0 Å².